The third-order valence-corrected chi connectivity index (χ3v) is 11.2. The number of aliphatic hydroxyl groups is 1. The van der Waals surface area contributed by atoms with Gasteiger partial charge in [0, 0.05) is 36.3 Å². The standard InChI is InChI=1S/C33H47N3O5S/c1-6-11-12-13-21-41-32(40)27-26-18-19-33(42-26)28(27)30(38)36(23(8-3)22-37)29(33)31(39)35(20-7-2)25-16-14-24(15-17-25)34(9-4)10-5/h6-7,14-17,23,26-29,37H,1-2,8-13,18-22H2,3-5H3/t23-,26+,27-,28-,29?,33?/m0/s1. The number of hydrogen-bond acceptors (Lipinski definition) is 7. The molecule has 4 rings (SSSR count). The van der Waals surface area contributed by atoms with Gasteiger partial charge in [-0.05, 0) is 76.6 Å². The van der Waals surface area contributed by atoms with E-state index < -0.39 is 28.7 Å². The molecule has 6 atom stereocenters. The van der Waals surface area contributed by atoms with Crippen LogP contribution in [0.5, 0.6) is 0 Å². The summed E-state index contributed by atoms with van der Waals surface area (Å²) in [5, 5.41) is 10.3. The number of ether oxygens (including phenoxy) is 1. The predicted octanol–water partition coefficient (Wildman–Crippen LogP) is 4.81. The fraction of sp³-hybridized carbons (Fsp3) is 0.606. The summed E-state index contributed by atoms with van der Waals surface area (Å²) >= 11 is 1.62. The number of hydrogen-bond donors (Lipinski definition) is 1. The number of aliphatic hydroxyl groups excluding tert-OH is 1. The Balaban J connectivity index is 1.68. The van der Waals surface area contributed by atoms with E-state index in [-0.39, 0.29) is 36.2 Å². The number of anilines is 2. The normalized spacial score (nSPS) is 26.6. The van der Waals surface area contributed by atoms with Crippen molar-refractivity contribution >= 4 is 40.9 Å². The van der Waals surface area contributed by atoms with E-state index >= 15 is 0 Å². The van der Waals surface area contributed by atoms with Crippen LogP contribution in [0.25, 0.3) is 0 Å². The van der Waals surface area contributed by atoms with E-state index in [9.17, 15) is 19.5 Å². The van der Waals surface area contributed by atoms with Gasteiger partial charge in [-0.2, -0.15) is 0 Å². The van der Waals surface area contributed by atoms with Crippen LogP contribution in [0.15, 0.2) is 49.6 Å². The summed E-state index contributed by atoms with van der Waals surface area (Å²) in [6.07, 6.45) is 7.95. The molecule has 1 N–H and O–H groups in total. The summed E-state index contributed by atoms with van der Waals surface area (Å²) in [4.78, 5) is 48.0. The number of unbranched alkanes of at least 4 members (excludes halogenated alkanes) is 2. The highest BCUT2D eigenvalue weighted by Gasteiger charge is 2.74. The minimum absolute atomic E-state index is 0.0625. The summed E-state index contributed by atoms with van der Waals surface area (Å²) in [6, 6.07) is 6.61. The molecule has 2 unspecified atom stereocenters. The van der Waals surface area contributed by atoms with E-state index in [1.165, 1.54) is 0 Å². The van der Waals surface area contributed by atoms with Crippen molar-refractivity contribution in [2.75, 3.05) is 42.6 Å². The first-order valence-electron chi connectivity index (χ1n) is 15.5. The lowest BCUT2D eigenvalue weighted by Gasteiger charge is -2.39. The van der Waals surface area contributed by atoms with Gasteiger partial charge >= 0.3 is 5.97 Å². The highest BCUT2D eigenvalue weighted by Crippen LogP contribution is 2.67. The second-order valence-corrected chi connectivity index (χ2v) is 13.0. The largest absolute Gasteiger partial charge is 0.465 e. The SMILES string of the molecule is C=CCCCCOC(=O)[C@@H]1[C@H]2C(=O)N([C@@H](CC)CO)C(C(=O)N(CC=C)c3ccc(N(CC)CC)cc3)C23CC[C@H]1S3. The molecule has 3 fully saturated rings. The molecule has 3 heterocycles. The maximum atomic E-state index is 14.7. The van der Waals surface area contributed by atoms with Crippen molar-refractivity contribution in [3.05, 3.63) is 49.6 Å². The number of likely N-dealkylation sites (tertiary alicyclic amines) is 1. The molecule has 9 heteroatoms. The minimum atomic E-state index is -0.796. The van der Waals surface area contributed by atoms with Gasteiger partial charge in [-0.3, -0.25) is 14.4 Å². The Morgan fingerprint density at radius 3 is 2.43 bits per heavy atom. The molecule has 1 spiro atoms. The number of carbonyl (C=O) groups is 3. The van der Waals surface area contributed by atoms with Crippen LogP contribution in [0.4, 0.5) is 11.4 Å². The van der Waals surface area contributed by atoms with Gasteiger partial charge < -0.3 is 24.5 Å². The quantitative estimate of drug-likeness (QED) is 0.166. The van der Waals surface area contributed by atoms with Gasteiger partial charge in [0.15, 0.2) is 0 Å². The molecule has 1 aromatic rings. The van der Waals surface area contributed by atoms with Crippen molar-refractivity contribution in [3.8, 4) is 0 Å². The third kappa shape index (κ3) is 5.74. The van der Waals surface area contributed by atoms with E-state index in [4.69, 9.17) is 4.74 Å². The fourth-order valence-electron chi connectivity index (χ4n) is 7.14. The van der Waals surface area contributed by atoms with Crippen LogP contribution in [-0.2, 0) is 19.1 Å². The van der Waals surface area contributed by atoms with Gasteiger partial charge in [-0.15, -0.1) is 24.9 Å². The number of carbonyl (C=O) groups excluding carboxylic acids is 3. The number of benzene rings is 1. The number of thioether (sulfide) groups is 1. The van der Waals surface area contributed by atoms with Gasteiger partial charge in [0.1, 0.15) is 6.04 Å². The molecule has 0 radical (unpaired) electrons. The Kier molecular flexibility index (Phi) is 10.8. The molecule has 8 nitrogen and oxygen atoms in total. The van der Waals surface area contributed by atoms with Crippen LogP contribution in [-0.4, -0.2) is 82.7 Å². The molecule has 3 aliphatic rings. The summed E-state index contributed by atoms with van der Waals surface area (Å²) in [5.41, 5.74) is 1.81. The molecule has 0 aliphatic carbocycles. The molecule has 1 aromatic carbocycles. The highest BCUT2D eigenvalue weighted by atomic mass is 32.2. The first-order valence-corrected chi connectivity index (χ1v) is 16.4. The molecule has 2 bridgehead atoms. The van der Waals surface area contributed by atoms with Gasteiger partial charge in [0.2, 0.25) is 5.91 Å². The maximum Gasteiger partial charge on any atom is 0.310 e. The van der Waals surface area contributed by atoms with Crippen molar-refractivity contribution in [1.29, 1.82) is 0 Å². The van der Waals surface area contributed by atoms with E-state index in [0.717, 1.165) is 50.1 Å². The summed E-state index contributed by atoms with van der Waals surface area (Å²) in [6.45, 7) is 15.9. The van der Waals surface area contributed by atoms with Gasteiger partial charge in [0.25, 0.3) is 5.91 Å². The van der Waals surface area contributed by atoms with Crippen molar-refractivity contribution in [3.63, 3.8) is 0 Å². The van der Waals surface area contributed by atoms with E-state index in [2.05, 4.69) is 31.9 Å². The molecule has 3 aliphatic heterocycles. The Bertz CT molecular complexity index is 1140. The molecule has 0 aromatic heterocycles. The molecular weight excluding hydrogens is 550 g/mol. The smallest absolute Gasteiger partial charge is 0.310 e. The van der Waals surface area contributed by atoms with E-state index in [0.29, 0.717) is 19.4 Å². The Morgan fingerprint density at radius 1 is 1.14 bits per heavy atom. The zero-order chi connectivity index (χ0) is 30.4. The number of rotatable bonds is 16. The average molecular weight is 598 g/mol. The lowest BCUT2D eigenvalue weighted by molar-refractivity contribution is -0.154. The molecule has 0 saturated carbocycles. The highest BCUT2D eigenvalue weighted by molar-refractivity contribution is 8.02. The third-order valence-electron chi connectivity index (χ3n) is 9.23. The maximum absolute atomic E-state index is 14.7. The van der Waals surface area contributed by atoms with Crippen molar-refractivity contribution < 1.29 is 24.2 Å². The number of allylic oxidation sites excluding steroid dienone is 1. The fourth-order valence-corrected chi connectivity index (χ4v) is 9.32. The zero-order valence-electron chi connectivity index (χ0n) is 25.4. The Hall–Kier alpha value is -2.78. The minimum Gasteiger partial charge on any atom is -0.465 e. The van der Waals surface area contributed by atoms with Crippen LogP contribution in [0.2, 0.25) is 0 Å². The Labute approximate surface area is 255 Å². The van der Waals surface area contributed by atoms with E-state index in [1.807, 2.05) is 37.3 Å². The van der Waals surface area contributed by atoms with Gasteiger partial charge in [-0.25, -0.2) is 0 Å². The summed E-state index contributed by atoms with van der Waals surface area (Å²) in [5.74, 6) is -1.99. The number of esters is 1. The van der Waals surface area contributed by atoms with Crippen molar-refractivity contribution in [2.24, 2.45) is 11.8 Å². The van der Waals surface area contributed by atoms with Crippen molar-refractivity contribution in [1.82, 2.24) is 4.90 Å². The van der Waals surface area contributed by atoms with Crippen LogP contribution >= 0.6 is 11.8 Å². The molecular formula is C33H47N3O5S. The van der Waals surface area contributed by atoms with Crippen LogP contribution in [0.3, 0.4) is 0 Å². The zero-order valence-corrected chi connectivity index (χ0v) is 26.2. The number of fused-ring (bicyclic) bond motifs is 1. The first-order chi connectivity index (χ1) is 20.3. The van der Waals surface area contributed by atoms with E-state index in [1.54, 1.807) is 27.6 Å². The second kappa shape index (κ2) is 14.1. The number of nitrogens with zero attached hydrogens (tertiary/aromatic N) is 3. The first kappa shape index (κ1) is 32.1. The Morgan fingerprint density at radius 2 is 1.83 bits per heavy atom. The van der Waals surface area contributed by atoms with Gasteiger partial charge in [-0.1, -0.05) is 19.1 Å². The van der Waals surface area contributed by atoms with Crippen LogP contribution in [0, 0.1) is 11.8 Å². The molecule has 2 amide bonds. The lowest BCUT2D eigenvalue weighted by Crippen LogP contribution is -2.57. The number of amides is 2. The second-order valence-electron chi connectivity index (χ2n) is 11.4. The van der Waals surface area contributed by atoms with Crippen molar-refractivity contribution in [2.45, 2.75) is 81.4 Å². The average Bonchev–Trinajstić information content (AvgIpc) is 3.65. The summed E-state index contributed by atoms with van der Waals surface area (Å²) in [7, 11) is 0. The lowest BCUT2D eigenvalue weighted by atomic mass is 9.71. The van der Waals surface area contributed by atoms with Crippen LogP contribution in [0.1, 0.15) is 59.3 Å². The molecule has 42 heavy (non-hydrogen) atoms. The molecule has 3 saturated heterocycles. The molecule has 230 valence electrons. The summed E-state index contributed by atoms with van der Waals surface area (Å²) < 4.78 is 4.97. The predicted molar refractivity (Wildman–Crippen MR) is 170 cm³/mol. The monoisotopic (exact) mass is 597 g/mol. The van der Waals surface area contributed by atoms with Crippen LogP contribution < -0.4 is 9.80 Å². The topological polar surface area (TPSA) is 90.4 Å². The van der Waals surface area contributed by atoms with Gasteiger partial charge in [0.05, 0.1) is 35.8 Å².